The van der Waals surface area contributed by atoms with Crippen molar-refractivity contribution in [2.24, 2.45) is 0 Å². The van der Waals surface area contributed by atoms with E-state index in [2.05, 4.69) is 16.2 Å². The van der Waals surface area contributed by atoms with E-state index in [-0.39, 0.29) is 5.91 Å². The maximum absolute atomic E-state index is 10.8. The number of thioether (sulfide) groups is 1. The molecule has 0 fully saturated rings. The Morgan fingerprint density at radius 1 is 1.55 bits per heavy atom. The first kappa shape index (κ1) is 10.5. The maximum atomic E-state index is 10.8. The molecule has 0 aliphatic heterocycles. The van der Waals surface area contributed by atoms with E-state index >= 15 is 0 Å². The van der Waals surface area contributed by atoms with Crippen molar-refractivity contribution in [1.29, 1.82) is 0 Å². The summed E-state index contributed by atoms with van der Waals surface area (Å²) in [6.07, 6.45) is 1.86. The van der Waals surface area contributed by atoms with Crippen molar-refractivity contribution >= 4 is 35.0 Å². The van der Waals surface area contributed by atoms with Crippen LogP contribution in [0, 0.1) is 0 Å². The number of hydrogen-bond donors (Lipinski definition) is 3. The number of carbonyl (C=O) groups excluding carboxylic acids is 1. The lowest BCUT2D eigenvalue weighted by Crippen LogP contribution is -2.46. The highest BCUT2D eigenvalue weighted by molar-refractivity contribution is 7.99. The second-order valence-electron chi connectivity index (χ2n) is 1.69. The van der Waals surface area contributed by atoms with Gasteiger partial charge in [-0.1, -0.05) is 0 Å². The molecule has 0 heterocycles. The molecule has 0 aromatic heterocycles. The highest BCUT2D eigenvalue weighted by Gasteiger charge is 1.97. The Kier molecular flexibility index (Phi) is 5.96. The molecule has 0 spiro atoms. The molecule has 0 radical (unpaired) electrons. The average molecular weight is 193 g/mol. The monoisotopic (exact) mass is 193 g/mol. The normalized spacial score (nSPS) is 8.55. The standard InChI is InChI=1S/C5H11N3OS2/c1-6-5(10)8-7-4(9)3-11-2/h3H2,1-2H3,(H,7,9)(H2,6,8,10). The van der Waals surface area contributed by atoms with Crippen LogP contribution in [0.2, 0.25) is 0 Å². The number of thiocarbonyl (C=S) groups is 1. The summed E-state index contributed by atoms with van der Waals surface area (Å²) < 4.78 is 0. The fraction of sp³-hybridized carbons (Fsp3) is 0.600. The molecular weight excluding hydrogens is 182 g/mol. The van der Waals surface area contributed by atoms with E-state index in [9.17, 15) is 4.79 Å². The lowest BCUT2D eigenvalue weighted by atomic mass is 10.7. The quantitative estimate of drug-likeness (QED) is 0.407. The van der Waals surface area contributed by atoms with Crippen LogP contribution in [0.25, 0.3) is 0 Å². The molecule has 0 aliphatic carbocycles. The summed E-state index contributed by atoms with van der Waals surface area (Å²) in [6, 6.07) is 0. The number of amides is 1. The molecule has 3 N–H and O–H groups in total. The smallest absolute Gasteiger partial charge is 0.248 e. The van der Waals surface area contributed by atoms with Gasteiger partial charge in [-0.2, -0.15) is 11.8 Å². The molecule has 1 amide bonds. The predicted molar refractivity (Wildman–Crippen MR) is 51.3 cm³/mol. The summed E-state index contributed by atoms with van der Waals surface area (Å²) in [4.78, 5) is 10.8. The molecule has 0 atom stereocenters. The van der Waals surface area contributed by atoms with Gasteiger partial charge in [0.05, 0.1) is 5.75 Å². The predicted octanol–water partition coefficient (Wildman–Crippen LogP) is -0.526. The molecule has 64 valence electrons. The molecule has 0 rings (SSSR count). The summed E-state index contributed by atoms with van der Waals surface area (Å²) in [6.45, 7) is 0. The van der Waals surface area contributed by atoms with E-state index in [0.717, 1.165) is 0 Å². The largest absolute Gasteiger partial charge is 0.364 e. The Bertz CT molecular complexity index is 151. The second kappa shape index (κ2) is 6.23. The van der Waals surface area contributed by atoms with Crippen LogP contribution in [0.15, 0.2) is 0 Å². The topological polar surface area (TPSA) is 53.2 Å². The zero-order valence-electron chi connectivity index (χ0n) is 6.43. The molecule has 0 aliphatic rings. The maximum Gasteiger partial charge on any atom is 0.248 e. The zero-order valence-corrected chi connectivity index (χ0v) is 8.06. The van der Waals surface area contributed by atoms with Crippen LogP contribution in [0.5, 0.6) is 0 Å². The Balaban J connectivity index is 3.38. The van der Waals surface area contributed by atoms with Crippen LogP contribution in [-0.4, -0.2) is 30.1 Å². The molecule has 4 nitrogen and oxygen atoms in total. The molecule has 0 saturated heterocycles. The minimum Gasteiger partial charge on any atom is -0.364 e. The van der Waals surface area contributed by atoms with Crippen LogP contribution in [0.1, 0.15) is 0 Å². The number of nitrogens with one attached hydrogen (secondary N) is 3. The molecule has 6 heteroatoms. The first-order chi connectivity index (χ1) is 5.20. The summed E-state index contributed by atoms with van der Waals surface area (Å²) in [5.41, 5.74) is 4.95. The number of hydrogen-bond acceptors (Lipinski definition) is 3. The van der Waals surface area contributed by atoms with Crippen molar-refractivity contribution < 1.29 is 4.79 Å². The highest BCUT2D eigenvalue weighted by Crippen LogP contribution is 1.87. The molecule has 0 bridgehead atoms. The third kappa shape index (κ3) is 5.93. The molecule has 0 aromatic rings. The molecule has 0 saturated carbocycles. The van der Waals surface area contributed by atoms with E-state index < -0.39 is 0 Å². The van der Waals surface area contributed by atoms with Gasteiger partial charge in [-0.3, -0.25) is 15.6 Å². The summed E-state index contributed by atoms with van der Waals surface area (Å²) >= 11 is 6.17. The Labute approximate surface area is 75.5 Å². The van der Waals surface area contributed by atoms with Gasteiger partial charge in [0.15, 0.2) is 5.11 Å². The van der Waals surface area contributed by atoms with Gasteiger partial charge in [0, 0.05) is 7.05 Å². The number of hydrazine groups is 1. The van der Waals surface area contributed by atoms with Gasteiger partial charge in [-0.15, -0.1) is 0 Å². The van der Waals surface area contributed by atoms with E-state index in [1.165, 1.54) is 11.8 Å². The molecule has 11 heavy (non-hydrogen) atoms. The number of carbonyl (C=O) groups is 1. The minimum atomic E-state index is -0.0879. The Morgan fingerprint density at radius 2 is 2.18 bits per heavy atom. The van der Waals surface area contributed by atoms with E-state index in [1.54, 1.807) is 7.05 Å². The van der Waals surface area contributed by atoms with Gasteiger partial charge in [0.2, 0.25) is 5.91 Å². The summed E-state index contributed by atoms with van der Waals surface area (Å²) in [5, 5.41) is 3.06. The lowest BCUT2D eigenvalue weighted by Gasteiger charge is -2.07. The Hall–Kier alpha value is -0.490. The lowest BCUT2D eigenvalue weighted by molar-refractivity contribution is -0.119. The van der Waals surface area contributed by atoms with E-state index in [4.69, 9.17) is 12.2 Å². The fourth-order valence-corrected chi connectivity index (χ4v) is 0.742. The van der Waals surface area contributed by atoms with Gasteiger partial charge >= 0.3 is 0 Å². The molecular formula is C5H11N3OS2. The van der Waals surface area contributed by atoms with Gasteiger partial charge in [-0.25, -0.2) is 0 Å². The van der Waals surface area contributed by atoms with Gasteiger partial charge < -0.3 is 5.32 Å². The van der Waals surface area contributed by atoms with Crippen LogP contribution < -0.4 is 16.2 Å². The zero-order chi connectivity index (χ0) is 8.69. The van der Waals surface area contributed by atoms with Crippen molar-refractivity contribution in [2.45, 2.75) is 0 Å². The van der Waals surface area contributed by atoms with Crippen molar-refractivity contribution in [3.05, 3.63) is 0 Å². The van der Waals surface area contributed by atoms with Crippen LogP contribution >= 0.6 is 24.0 Å². The van der Waals surface area contributed by atoms with Crippen LogP contribution in [0.4, 0.5) is 0 Å². The average Bonchev–Trinajstić information content (AvgIpc) is 2.01. The first-order valence-electron chi connectivity index (χ1n) is 2.96. The van der Waals surface area contributed by atoms with Crippen molar-refractivity contribution in [2.75, 3.05) is 19.1 Å². The van der Waals surface area contributed by atoms with Crippen LogP contribution in [0.3, 0.4) is 0 Å². The third-order valence-corrected chi connectivity index (χ3v) is 1.67. The van der Waals surface area contributed by atoms with Crippen molar-refractivity contribution in [3.63, 3.8) is 0 Å². The summed E-state index contributed by atoms with van der Waals surface area (Å²) in [7, 11) is 1.68. The molecule has 0 unspecified atom stereocenters. The molecule has 0 aromatic carbocycles. The second-order valence-corrected chi connectivity index (χ2v) is 2.96. The fourth-order valence-electron chi connectivity index (χ4n) is 0.356. The van der Waals surface area contributed by atoms with E-state index in [0.29, 0.717) is 10.9 Å². The van der Waals surface area contributed by atoms with Crippen molar-refractivity contribution in [3.8, 4) is 0 Å². The first-order valence-corrected chi connectivity index (χ1v) is 4.76. The third-order valence-electron chi connectivity index (χ3n) is 0.818. The summed E-state index contributed by atoms with van der Waals surface area (Å²) in [5.74, 6) is 0.342. The van der Waals surface area contributed by atoms with Crippen LogP contribution in [-0.2, 0) is 4.79 Å². The van der Waals surface area contributed by atoms with E-state index in [1.807, 2.05) is 6.26 Å². The SMILES string of the molecule is CNC(=S)NNC(=O)CSC. The van der Waals surface area contributed by atoms with Gasteiger partial charge in [-0.05, 0) is 18.5 Å². The van der Waals surface area contributed by atoms with Gasteiger partial charge in [0.1, 0.15) is 0 Å². The highest BCUT2D eigenvalue weighted by atomic mass is 32.2. The Morgan fingerprint density at radius 3 is 2.64 bits per heavy atom. The number of rotatable bonds is 2. The minimum absolute atomic E-state index is 0.0879. The van der Waals surface area contributed by atoms with Crippen molar-refractivity contribution in [1.82, 2.24) is 16.2 Å². The van der Waals surface area contributed by atoms with Gasteiger partial charge in [0.25, 0.3) is 0 Å².